The van der Waals surface area contributed by atoms with Crippen molar-refractivity contribution in [3.63, 3.8) is 0 Å². The lowest BCUT2D eigenvalue weighted by Gasteiger charge is -2.07. The predicted octanol–water partition coefficient (Wildman–Crippen LogP) is 4.23. The van der Waals surface area contributed by atoms with Gasteiger partial charge < -0.3 is 0 Å². The Morgan fingerprint density at radius 3 is 2.29 bits per heavy atom. The van der Waals surface area contributed by atoms with Gasteiger partial charge in [0.15, 0.2) is 0 Å². The molecule has 1 rings (SSSR count). The van der Waals surface area contributed by atoms with E-state index in [0.717, 1.165) is 12.0 Å². The van der Waals surface area contributed by atoms with E-state index in [-0.39, 0.29) is 0 Å². The summed E-state index contributed by atoms with van der Waals surface area (Å²) in [5, 5.41) is 0. The van der Waals surface area contributed by atoms with Crippen LogP contribution in [0.3, 0.4) is 0 Å². The van der Waals surface area contributed by atoms with Crippen LogP contribution in [0.5, 0.6) is 0 Å². The lowest BCUT2D eigenvalue weighted by Crippen LogP contribution is -1.91. The summed E-state index contributed by atoms with van der Waals surface area (Å²) in [5.74, 6) is 0. The molecule has 1 aromatic rings. The highest BCUT2D eigenvalue weighted by Crippen LogP contribution is 2.18. The SMILES string of the molecule is C=C(C)c1cc(CC)cc(CCC)c1. The molecule has 0 heterocycles. The van der Waals surface area contributed by atoms with Crippen LogP contribution in [-0.2, 0) is 12.8 Å². The monoisotopic (exact) mass is 188 g/mol. The minimum absolute atomic E-state index is 1.11. The summed E-state index contributed by atoms with van der Waals surface area (Å²) in [4.78, 5) is 0. The second-order valence-corrected chi connectivity index (χ2v) is 3.92. The molecule has 0 aromatic heterocycles. The Kier molecular flexibility index (Phi) is 3.94. The first-order valence-corrected chi connectivity index (χ1v) is 5.46. The average Bonchev–Trinajstić information content (AvgIpc) is 2.17. The van der Waals surface area contributed by atoms with Crippen LogP contribution in [0.1, 0.15) is 43.9 Å². The molecule has 14 heavy (non-hydrogen) atoms. The van der Waals surface area contributed by atoms with Gasteiger partial charge in [-0.1, -0.05) is 50.6 Å². The van der Waals surface area contributed by atoms with Crippen LogP contribution >= 0.6 is 0 Å². The molecule has 0 radical (unpaired) electrons. The van der Waals surface area contributed by atoms with Gasteiger partial charge in [0.05, 0.1) is 0 Å². The number of hydrogen-bond acceptors (Lipinski definition) is 0. The van der Waals surface area contributed by atoms with Crippen LogP contribution in [0.15, 0.2) is 24.8 Å². The van der Waals surface area contributed by atoms with E-state index >= 15 is 0 Å². The average molecular weight is 188 g/mol. The number of hydrogen-bond donors (Lipinski definition) is 0. The van der Waals surface area contributed by atoms with Gasteiger partial charge in [0.2, 0.25) is 0 Å². The van der Waals surface area contributed by atoms with Crippen molar-refractivity contribution >= 4 is 5.57 Å². The van der Waals surface area contributed by atoms with Gasteiger partial charge in [0.25, 0.3) is 0 Å². The molecule has 0 aliphatic rings. The summed E-state index contributed by atoms with van der Waals surface area (Å²) >= 11 is 0. The molecule has 0 heteroatoms. The number of rotatable bonds is 4. The highest BCUT2D eigenvalue weighted by molar-refractivity contribution is 5.62. The van der Waals surface area contributed by atoms with E-state index < -0.39 is 0 Å². The fourth-order valence-electron chi connectivity index (χ4n) is 1.65. The topological polar surface area (TPSA) is 0 Å². The molecule has 0 N–H and O–H groups in total. The minimum atomic E-state index is 1.11. The first-order chi connectivity index (χ1) is 6.67. The molecule has 0 bridgehead atoms. The van der Waals surface area contributed by atoms with Gasteiger partial charge in [-0.2, -0.15) is 0 Å². The highest BCUT2D eigenvalue weighted by atomic mass is 14.1. The zero-order valence-corrected chi connectivity index (χ0v) is 9.56. The summed E-state index contributed by atoms with van der Waals surface area (Å²) in [7, 11) is 0. The Bertz CT molecular complexity index is 321. The molecule has 76 valence electrons. The van der Waals surface area contributed by atoms with E-state index in [4.69, 9.17) is 0 Å². The maximum absolute atomic E-state index is 4.00. The van der Waals surface area contributed by atoms with Crippen molar-refractivity contribution in [3.8, 4) is 0 Å². The molecule has 0 unspecified atom stereocenters. The van der Waals surface area contributed by atoms with Gasteiger partial charge in [-0.3, -0.25) is 0 Å². The molecule has 0 aliphatic carbocycles. The van der Waals surface area contributed by atoms with E-state index in [2.05, 4.69) is 45.5 Å². The van der Waals surface area contributed by atoms with Crippen molar-refractivity contribution in [2.75, 3.05) is 0 Å². The molecule has 0 aliphatic heterocycles. The van der Waals surface area contributed by atoms with Gasteiger partial charge in [-0.15, -0.1) is 0 Å². The van der Waals surface area contributed by atoms with E-state index in [1.165, 1.54) is 29.5 Å². The maximum atomic E-state index is 4.00. The third kappa shape index (κ3) is 2.73. The third-order valence-electron chi connectivity index (χ3n) is 2.49. The smallest absolute Gasteiger partial charge is 0.0228 e. The zero-order valence-electron chi connectivity index (χ0n) is 9.56. The van der Waals surface area contributed by atoms with Crippen molar-refractivity contribution in [3.05, 3.63) is 41.5 Å². The summed E-state index contributed by atoms with van der Waals surface area (Å²) in [6.07, 6.45) is 3.49. The normalized spacial score (nSPS) is 10.2. The van der Waals surface area contributed by atoms with Crippen molar-refractivity contribution in [2.45, 2.75) is 40.0 Å². The van der Waals surface area contributed by atoms with E-state index in [1.54, 1.807) is 0 Å². The molecular weight excluding hydrogens is 168 g/mol. The van der Waals surface area contributed by atoms with Crippen molar-refractivity contribution in [1.29, 1.82) is 0 Å². The van der Waals surface area contributed by atoms with Crippen molar-refractivity contribution in [2.24, 2.45) is 0 Å². The predicted molar refractivity (Wildman–Crippen MR) is 64.5 cm³/mol. The van der Waals surface area contributed by atoms with Crippen LogP contribution in [0.2, 0.25) is 0 Å². The molecule has 0 atom stereocenters. The van der Waals surface area contributed by atoms with Crippen LogP contribution < -0.4 is 0 Å². The molecule has 1 aromatic carbocycles. The molecule has 0 amide bonds. The zero-order chi connectivity index (χ0) is 10.6. The fraction of sp³-hybridized carbons (Fsp3) is 0.429. The standard InChI is InChI=1S/C14H20/c1-5-7-13-8-12(6-2)9-14(10-13)11(3)4/h8-10H,3,5-7H2,1-2,4H3. The molecule has 0 nitrogen and oxygen atoms in total. The van der Waals surface area contributed by atoms with E-state index in [1.807, 2.05) is 0 Å². The first-order valence-electron chi connectivity index (χ1n) is 5.46. The Balaban J connectivity index is 3.06. The summed E-state index contributed by atoms with van der Waals surface area (Å²) in [6, 6.07) is 6.84. The third-order valence-corrected chi connectivity index (χ3v) is 2.49. The second-order valence-electron chi connectivity index (χ2n) is 3.92. The minimum Gasteiger partial charge on any atom is -0.0955 e. The van der Waals surface area contributed by atoms with Crippen LogP contribution in [0.4, 0.5) is 0 Å². The molecular formula is C14H20. The lowest BCUT2D eigenvalue weighted by atomic mass is 9.98. The summed E-state index contributed by atoms with van der Waals surface area (Å²) in [6.45, 7) is 10.5. The van der Waals surface area contributed by atoms with E-state index in [9.17, 15) is 0 Å². The van der Waals surface area contributed by atoms with Crippen LogP contribution in [-0.4, -0.2) is 0 Å². The van der Waals surface area contributed by atoms with Crippen LogP contribution in [0, 0.1) is 0 Å². The van der Waals surface area contributed by atoms with Gasteiger partial charge >= 0.3 is 0 Å². The Morgan fingerprint density at radius 2 is 1.79 bits per heavy atom. The van der Waals surface area contributed by atoms with Crippen LogP contribution in [0.25, 0.3) is 5.57 Å². The van der Waals surface area contributed by atoms with Crippen molar-refractivity contribution in [1.82, 2.24) is 0 Å². The number of benzene rings is 1. The second kappa shape index (κ2) is 4.99. The molecule has 0 saturated heterocycles. The number of allylic oxidation sites excluding steroid dienone is 1. The molecule has 0 fully saturated rings. The Labute approximate surface area is 87.7 Å². The van der Waals surface area contributed by atoms with Gasteiger partial charge in [-0.25, -0.2) is 0 Å². The summed E-state index contributed by atoms with van der Waals surface area (Å²) in [5.41, 5.74) is 5.34. The fourth-order valence-corrected chi connectivity index (χ4v) is 1.65. The summed E-state index contributed by atoms with van der Waals surface area (Å²) < 4.78 is 0. The van der Waals surface area contributed by atoms with Crippen molar-refractivity contribution < 1.29 is 0 Å². The quantitative estimate of drug-likeness (QED) is 0.663. The lowest BCUT2D eigenvalue weighted by molar-refractivity contribution is 0.916. The molecule has 0 spiro atoms. The van der Waals surface area contributed by atoms with Gasteiger partial charge in [0, 0.05) is 0 Å². The maximum Gasteiger partial charge on any atom is -0.0228 e. The van der Waals surface area contributed by atoms with Gasteiger partial charge in [-0.05, 0) is 36.5 Å². The van der Waals surface area contributed by atoms with Gasteiger partial charge in [0.1, 0.15) is 0 Å². The largest absolute Gasteiger partial charge is 0.0955 e. The highest BCUT2D eigenvalue weighted by Gasteiger charge is 2.00. The first kappa shape index (κ1) is 11.0. The van der Waals surface area contributed by atoms with E-state index in [0.29, 0.717) is 0 Å². The number of aryl methyl sites for hydroxylation is 2. The Hall–Kier alpha value is -1.04. The molecule has 0 saturated carbocycles. The Morgan fingerprint density at radius 1 is 1.14 bits per heavy atom.